The second-order valence-electron chi connectivity index (χ2n) is 6.06. The zero-order valence-electron chi connectivity index (χ0n) is 12.8. The van der Waals surface area contributed by atoms with Crippen LogP contribution in [-0.2, 0) is 11.3 Å². The van der Waals surface area contributed by atoms with Crippen molar-refractivity contribution < 1.29 is 9.59 Å². The number of thiophene rings is 1. The van der Waals surface area contributed by atoms with E-state index in [1.807, 2.05) is 22.4 Å². The minimum Gasteiger partial charge on any atom is -0.342 e. The fourth-order valence-corrected chi connectivity index (χ4v) is 3.89. The monoisotopic (exact) mass is 321 g/mol. The lowest BCUT2D eigenvalue weighted by molar-refractivity contribution is -0.135. The molecule has 2 aliphatic heterocycles. The molecule has 2 aliphatic rings. The predicted molar refractivity (Wildman–Crippen MR) is 86.7 cm³/mol. The molecule has 1 unspecified atom stereocenters. The van der Waals surface area contributed by atoms with Crippen molar-refractivity contribution in [2.45, 2.75) is 32.2 Å². The highest BCUT2D eigenvalue weighted by molar-refractivity contribution is 7.09. The van der Waals surface area contributed by atoms with Crippen molar-refractivity contribution in [3.63, 3.8) is 0 Å². The summed E-state index contributed by atoms with van der Waals surface area (Å²) in [5, 5.41) is 4.96. The summed E-state index contributed by atoms with van der Waals surface area (Å²) in [5.74, 6) is 0.229. The Morgan fingerprint density at radius 1 is 1.18 bits per heavy atom. The zero-order valence-corrected chi connectivity index (χ0v) is 13.6. The number of hydrogen-bond donors (Lipinski definition) is 1. The van der Waals surface area contributed by atoms with Crippen LogP contribution in [0.5, 0.6) is 0 Å². The Hall–Kier alpha value is -1.56. The van der Waals surface area contributed by atoms with Crippen molar-refractivity contribution in [2.75, 3.05) is 26.2 Å². The smallest absolute Gasteiger partial charge is 0.317 e. The lowest BCUT2D eigenvalue weighted by atomic mass is 9.97. The van der Waals surface area contributed by atoms with E-state index in [2.05, 4.69) is 5.32 Å². The molecular formula is C16H23N3O2S. The average molecular weight is 321 g/mol. The van der Waals surface area contributed by atoms with Gasteiger partial charge >= 0.3 is 6.03 Å². The number of likely N-dealkylation sites (tertiary alicyclic amines) is 2. The Kier molecular flexibility index (Phi) is 4.97. The lowest BCUT2D eigenvalue weighted by Gasteiger charge is -2.33. The first-order chi connectivity index (χ1) is 10.7. The van der Waals surface area contributed by atoms with Gasteiger partial charge in [0.1, 0.15) is 0 Å². The number of carbonyl (C=O) groups excluding carboxylic acids is 2. The maximum Gasteiger partial charge on any atom is 0.317 e. The molecule has 3 heterocycles. The molecule has 22 heavy (non-hydrogen) atoms. The van der Waals surface area contributed by atoms with Gasteiger partial charge in [0.2, 0.25) is 5.91 Å². The summed E-state index contributed by atoms with van der Waals surface area (Å²) in [5.41, 5.74) is 0. The maximum atomic E-state index is 12.5. The van der Waals surface area contributed by atoms with Crippen LogP contribution in [0.4, 0.5) is 4.79 Å². The normalized spacial score (nSPS) is 21.9. The van der Waals surface area contributed by atoms with Gasteiger partial charge in [0.25, 0.3) is 0 Å². The van der Waals surface area contributed by atoms with Crippen molar-refractivity contribution in [3.05, 3.63) is 22.4 Å². The third kappa shape index (κ3) is 3.61. The third-order valence-electron chi connectivity index (χ3n) is 4.47. The summed E-state index contributed by atoms with van der Waals surface area (Å²) in [4.78, 5) is 29.7. The van der Waals surface area contributed by atoms with E-state index in [4.69, 9.17) is 0 Å². The summed E-state index contributed by atoms with van der Waals surface area (Å²) < 4.78 is 0. The largest absolute Gasteiger partial charge is 0.342 e. The number of amides is 3. The van der Waals surface area contributed by atoms with Gasteiger partial charge in [0.15, 0.2) is 0 Å². The van der Waals surface area contributed by atoms with E-state index in [0.717, 1.165) is 50.2 Å². The van der Waals surface area contributed by atoms with Crippen molar-refractivity contribution >= 4 is 23.3 Å². The van der Waals surface area contributed by atoms with Gasteiger partial charge in [-0.3, -0.25) is 4.79 Å². The molecule has 0 saturated carbocycles. The molecule has 1 aromatic heterocycles. The first-order valence-corrected chi connectivity index (χ1v) is 8.96. The molecule has 0 radical (unpaired) electrons. The number of nitrogens with one attached hydrogen (secondary N) is 1. The van der Waals surface area contributed by atoms with Gasteiger partial charge in [0.05, 0.1) is 12.5 Å². The minimum absolute atomic E-state index is 0.0145. The van der Waals surface area contributed by atoms with E-state index in [1.165, 1.54) is 0 Å². The van der Waals surface area contributed by atoms with Gasteiger partial charge in [-0.15, -0.1) is 11.3 Å². The van der Waals surface area contributed by atoms with E-state index in [9.17, 15) is 9.59 Å². The van der Waals surface area contributed by atoms with Crippen molar-refractivity contribution in [2.24, 2.45) is 5.92 Å². The number of urea groups is 1. The van der Waals surface area contributed by atoms with Crippen LogP contribution < -0.4 is 5.32 Å². The van der Waals surface area contributed by atoms with Crippen LogP contribution in [0, 0.1) is 5.92 Å². The second kappa shape index (κ2) is 7.13. The Morgan fingerprint density at radius 3 is 2.68 bits per heavy atom. The fraction of sp³-hybridized carbons (Fsp3) is 0.625. The third-order valence-corrected chi connectivity index (χ3v) is 5.35. The van der Waals surface area contributed by atoms with Crippen molar-refractivity contribution in [3.8, 4) is 0 Å². The van der Waals surface area contributed by atoms with Crippen LogP contribution in [0.2, 0.25) is 0 Å². The molecule has 1 aromatic rings. The fourth-order valence-electron chi connectivity index (χ4n) is 3.25. The van der Waals surface area contributed by atoms with Gasteiger partial charge in [-0.2, -0.15) is 0 Å². The lowest BCUT2D eigenvalue weighted by Crippen LogP contribution is -2.49. The SMILES string of the molecule is O=C(NCc1cccs1)N1CCCC(C(=O)N2CCCC2)C1. The first-order valence-electron chi connectivity index (χ1n) is 8.08. The summed E-state index contributed by atoms with van der Waals surface area (Å²) in [6.07, 6.45) is 4.05. The Balaban J connectivity index is 1.51. The molecule has 3 amide bonds. The molecule has 0 spiro atoms. The molecule has 6 heteroatoms. The van der Waals surface area contributed by atoms with Gasteiger partial charge in [0, 0.05) is 31.1 Å². The average Bonchev–Trinajstić information content (AvgIpc) is 3.25. The van der Waals surface area contributed by atoms with Crippen LogP contribution in [0.15, 0.2) is 17.5 Å². The Morgan fingerprint density at radius 2 is 1.95 bits per heavy atom. The van der Waals surface area contributed by atoms with E-state index in [1.54, 1.807) is 16.2 Å². The molecule has 0 aliphatic carbocycles. The number of carbonyl (C=O) groups is 2. The van der Waals surface area contributed by atoms with Gasteiger partial charge < -0.3 is 15.1 Å². The van der Waals surface area contributed by atoms with Crippen LogP contribution in [0.25, 0.3) is 0 Å². The Bertz CT molecular complexity index is 511. The van der Waals surface area contributed by atoms with Gasteiger partial charge in [-0.05, 0) is 37.1 Å². The highest BCUT2D eigenvalue weighted by Gasteiger charge is 2.32. The molecule has 5 nitrogen and oxygen atoms in total. The van der Waals surface area contributed by atoms with Crippen LogP contribution in [0.3, 0.4) is 0 Å². The topological polar surface area (TPSA) is 52.7 Å². The Labute approximate surface area is 135 Å². The van der Waals surface area contributed by atoms with E-state index in [0.29, 0.717) is 13.1 Å². The molecule has 1 N–H and O–H groups in total. The highest BCUT2D eigenvalue weighted by atomic mass is 32.1. The summed E-state index contributed by atoms with van der Waals surface area (Å²) >= 11 is 1.64. The van der Waals surface area contributed by atoms with E-state index in [-0.39, 0.29) is 17.9 Å². The minimum atomic E-state index is -0.0488. The van der Waals surface area contributed by atoms with E-state index >= 15 is 0 Å². The van der Waals surface area contributed by atoms with Crippen LogP contribution in [0.1, 0.15) is 30.6 Å². The molecule has 2 fully saturated rings. The second-order valence-corrected chi connectivity index (χ2v) is 7.09. The van der Waals surface area contributed by atoms with Gasteiger partial charge in [-0.25, -0.2) is 4.79 Å². The molecule has 1 atom stereocenters. The predicted octanol–water partition coefficient (Wildman–Crippen LogP) is 2.29. The van der Waals surface area contributed by atoms with Gasteiger partial charge in [-0.1, -0.05) is 6.07 Å². The molecule has 0 bridgehead atoms. The highest BCUT2D eigenvalue weighted by Crippen LogP contribution is 2.21. The van der Waals surface area contributed by atoms with Crippen LogP contribution in [-0.4, -0.2) is 47.9 Å². The van der Waals surface area contributed by atoms with Crippen molar-refractivity contribution in [1.82, 2.24) is 15.1 Å². The zero-order chi connectivity index (χ0) is 15.4. The standard InChI is InChI=1S/C16H23N3O2S/c20-15(18-7-1-2-8-18)13-5-3-9-19(12-13)16(21)17-11-14-6-4-10-22-14/h4,6,10,13H,1-3,5,7-9,11-12H2,(H,17,21). The molecular weight excluding hydrogens is 298 g/mol. The van der Waals surface area contributed by atoms with Crippen LogP contribution >= 0.6 is 11.3 Å². The number of rotatable bonds is 3. The molecule has 0 aromatic carbocycles. The summed E-state index contributed by atoms with van der Waals surface area (Å²) in [7, 11) is 0. The summed E-state index contributed by atoms with van der Waals surface area (Å²) in [6.45, 7) is 3.66. The first kappa shape index (κ1) is 15.3. The molecule has 120 valence electrons. The molecule has 3 rings (SSSR count). The number of hydrogen-bond acceptors (Lipinski definition) is 3. The quantitative estimate of drug-likeness (QED) is 0.929. The number of piperidine rings is 1. The number of nitrogens with zero attached hydrogens (tertiary/aromatic N) is 2. The van der Waals surface area contributed by atoms with E-state index < -0.39 is 0 Å². The maximum absolute atomic E-state index is 12.5. The molecule has 2 saturated heterocycles. The van der Waals surface area contributed by atoms with Crippen molar-refractivity contribution in [1.29, 1.82) is 0 Å². The summed E-state index contributed by atoms with van der Waals surface area (Å²) in [6, 6.07) is 3.95.